The van der Waals surface area contributed by atoms with Crippen molar-refractivity contribution < 1.29 is 0 Å². The Morgan fingerprint density at radius 2 is 2.15 bits per heavy atom. The molecule has 4 nitrogen and oxygen atoms in total. The Bertz CT molecular complexity index is 184. The van der Waals surface area contributed by atoms with Crippen LogP contribution in [0, 0.1) is 0 Å². The van der Waals surface area contributed by atoms with Crippen LogP contribution in [-0.4, -0.2) is 30.0 Å². The second kappa shape index (κ2) is 4.46. The molecule has 0 saturated heterocycles. The standard InChI is InChI=1S/C9H20N4/c1-7(2)11-9(12-10)13(3)8-5-4-6-8/h7-8H,4-6,10H2,1-3H3,(H,11,12). The largest absolute Gasteiger partial charge is 0.342 e. The van der Waals surface area contributed by atoms with Crippen molar-refractivity contribution in [2.24, 2.45) is 10.8 Å². The topological polar surface area (TPSA) is 53.6 Å². The van der Waals surface area contributed by atoms with Gasteiger partial charge < -0.3 is 4.90 Å². The van der Waals surface area contributed by atoms with E-state index in [1.165, 1.54) is 19.3 Å². The summed E-state index contributed by atoms with van der Waals surface area (Å²) in [6.07, 6.45) is 3.85. The van der Waals surface area contributed by atoms with E-state index < -0.39 is 0 Å². The molecule has 0 heterocycles. The van der Waals surface area contributed by atoms with Gasteiger partial charge in [0.15, 0.2) is 0 Å². The zero-order valence-electron chi connectivity index (χ0n) is 8.75. The molecule has 3 N–H and O–H groups in total. The minimum absolute atomic E-state index is 0.286. The fourth-order valence-electron chi connectivity index (χ4n) is 1.42. The summed E-state index contributed by atoms with van der Waals surface area (Å²) in [5.41, 5.74) is 2.66. The van der Waals surface area contributed by atoms with Gasteiger partial charge in [-0.25, -0.2) is 10.8 Å². The van der Waals surface area contributed by atoms with Crippen molar-refractivity contribution >= 4 is 5.96 Å². The summed E-state index contributed by atoms with van der Waals surface area (Å²) >= 11 is 0. The van der Waals surface area contributed by atoms with Crippen LogP contribution in [-0.2, 0) is 0 Å². The number of hydrogen-bond acceptors (Lipinski definition) is 2. The van der Waals surface area contributed by atoms with Gasteiger partial charge >= 0.3 is 0 Å². The molecule has 76 valence electrons. The molecule has 0 amide bonds. The molecule has 13 heavy (non-hydrogen) atoms. The first-order chi connectivity index (χ1) is 6.15. The van der Waals surface area contributed by atoms with Crippen LogP contribution >= 0.6 is 0 Å². The van der Waals surface area contributed by atoms with E-state index in [4.69, 9.17) is 5.84 Å². The number of nitrogens with zero attached hydrogens (tertiary/aromatic N) is 2. The zero-order valence-corrected chi connectivity index (χ0v) is 8.75. The maximum atomic E-state index is 5.42. The quantitative estimate of drug-likeness (QED) is 0.287. The van der Waals surface area contributed by atoms with Crippen molar-refractivity contribution in [2.75, 3.05) is 7.05 Å². The predicted octanol–water partition coefficient (Wildman–Crippen LogP) is 0.698. The third-order valence-corrected chi connectivity index (χ3v) is 2.47. The molecule has 1 saturated carbocycles. The second-order valence-electron chi connectivity index (χ2n) is 3.89. The first kappa shape index (κ1) is 10.3. The first-order valence-corrected chi connectivity index (χ1v) is 4.92. The molecule has 1 aliphatic carbocycles. The highest BCUT2D eigenvalue weighted by molar-refractivity contribution is 5.79. The van der Waals surface area contributed by atoms with Gasteiger partial charge in [0.2, 0.25) is 5.96 Å². The Kier molecular flexibility index (Phi) is 3.54. The normalized spacial score (nSPS) is 18.7. The zero-order chi connectivity index (χ0) is 9.84. The van der Waals surface area contributed by atoms with E-state index in [1.54, 1.807) is 0 Å². The molecule has 0 atom stereocenters. The smallest absolute Gasteiger partial charge is 0.208 e. The highest BCUT2D eigenvalue weighted by Gasteiger charge is 2.24. The van der Waals surface area contributed by atoms with Crippen molar-refractivity contribution in [3.63, 3.8) is 0 Å². The van der Waals surface area contributed by atoms with Crippen LogP contribution in [0.15, 0.2) is 4.99 Å². The van der Waals surface area contributed by atoms with Crippen molar-refractivity contribution in [1.29, 1.82) is 0 Å². The Labute approximate surface area is 80.2 Å². The van der Waals surface area contributed by atoms with Crippen LogP contribution in [0.5, 0.6) is 0 Å². The fourth-order valence-corrected chi connectivity index (χ4v) is 1.42. The molecule has 0 bridgehead atoms. The highest BCUT2D eigenvalue weighted by atomic mass is 15.4. The average Bonchev–Trinajstić information content (AvgIpc) is 1.96. The number of guanidine groups is 1. The molecule has 1 rings (SSSR count). The summed E-state index contributed by atoms with van der Waals surface area (Å²) in [7, 11) is 2.05. The van der Waals surface area contributed by atoms with Gasteiger partial charge in [-0.1, -0.05) is 0 Å². The van der Waals surface area contributed by atoms with Gasteiger partial charge in [0, 0.05) is 19.1 Å². The summed E-state index contributed by atoms with van der Waals surface area (Å²) in [6, 6.07) is 0.919. The van der Waals surface area contributed by atoms with Crippen LogP contribution in [0.3, 0.4) is 0 Å². The lowest BCUT2D eigenvalue weighted by Gasteiger charge is -2.36. The molecule has 1 aliphatic rings. The Balaban J connectivity index is 2.53. The second-order valence-corrected chi connectivity index (χ2v) is 3.89. The van der Waals surface area contributed by atoms with Gasteiger partial charge in [-0.15, -0.1) is 0 Å². The lowest BCUT2D eigenvalue weighted by Crippen LogP contribution is -2.50. The number of hydrogen-bond donors (Lipinski definition) is 2. The molecule has 0 spiro atoms. The van der Waals surface area contributed by atoms with Gasteiger partial charge in [0.05, 0.1) is 0 Å². The SMILES string of the molecule is CC(C)N=C(NN)N(C)C1CCC1. The van der Waals surface area contributed by atoms with E-state index in [0.29, 0.717) is 6.04 Å². The summed E-state index contributed by atoms with van der Waals surface area (Å²) in [5.74, 6) is 6.22. The van der Waals surface area contributed by atoms with Crippen LogP contribution < -0.4 is 11.3 Å². The minimum atomic E-state index is 0.286. The van der Waals surface area contributed by atoms with Crippen molar-refractivity contribution in [3.05, 3.63) is 0 Å². The fraction of sp³-hybridized carbons (Fsp3) is 0.889. The Morgan fingerprint density at radius 3 is 2.46 bits per heavy atom. The van der Waals surface area contributed by atoms with E-state index in [1.807, 2.05) is 20.9 Å². The molecule has 0 aromatic rings. The molecule has 0 aliphatic heterocycles. The summed E-state index contributed by atoms with van der Waals surface area (Å²) in [6.45, 7) is 4.10. The number of nitrogens with one attached hydrogen (secondary N) is 1. The maximum absolute atomic E-state index is 5.42. The molecule has 0 unspecified atom stereocenters. The number of rotatable bonds is 2. The van der Waals surface area contributed by atoms with Crippen molar-refractivity contribution in [2.45, 2.75) is 45.2 Å². The lowest BCUT2D eigenvalue weighted by molar-refractivity contribution is 0.234. The summed E-state index contributed by atoms with van der Waals surface area (Å²) in [5, 5.41) is 0. The average molecular weight is 184 g/mol. The third kappa shape index (κ3) is 2.59. The third-order valence-electron chi connectivity index (χ3n) is 2.47. The monoisotopic (exact) mass is 184 g/mol. The number of hydrazine groups is 1. The predicted molar refractivity (Wildman–Crippen MR) is 55.3 cm³/mol. The van der Waals surface area contributed by atoms with Gasteiger partial charge in [-0.2, -0.15) is 0 Å². The van der Waals surface area contributed by atoms with Gasteiger partial charge in [0.1, 0.15) is 0 Å². The lowest BCUT2D eigenvalue weighted by atomic mass is 9.92. The van der Waals surface area contributed by atoms with Crippen LogP contribution in [0.1, 0.15) is 33.1 Å². The Morgan fingerprint density at radius 1 is 1.54 bits per heavy atom. The number of aliphatic imine (C=N–C) groups is 1. The van der Waals surface area contributed by atoms with Crippen molar-refractivity contribution in [1.82, 2.24) is 10.3 Å². The number of nitrogens with two attached hydrogens (primary N) is 1. The van der Waals surface area contributed by atoms with E-state index in [2.05, 4.69) is 15.3 Å². The van der Waals surface area contributed by atoms with Crippen molar-refractivity contribution in [3.8, 4) is 0 Å². The minimum Gasteiger partial charge on any atom is -0.342 e. The summed E-state index contributed by atoms with van der Waals surface area (Å²) in [4.78, 5) is 6.55. The van der Waals surface area contributed by atoms with E-state index in [-0.39, 0.29) is 6.04 Å². The summed E-state index contributed by atoms with van der Waals surface area (Å²) < 4.78 is 0. The Hall–Kier alpha value is -0.770. The molecule has 4 heteroatoms. The highest BCUT2D eigenvalue weighted by Crippen LogP contribution is 2.23. The molecule has 1 fully saturated rings. The molecular formula is C9H20N4. The molecule has 0 aromatic carbocycles. The van der Waals surface area contributed by atoms with Gasteiger partial charge in [0.25, 0.3) is 0 Å². The molecular weight excluding hydrogens is 164 g/mol. The molecule has 0 radical (unpaired) electrons. The van der Waals surface area contributed by atoms with Crippen LogP contribution in [0.4, 0.5) is 0 Å². The van der Waals surface area contributed by atoms with Crippen LogP contribution in [0.2, 0.25) is 0 Å². The van der Waals surface area contributed by atoms with E-state index in [9.17, 15) is 0 Å². The van der Waals surface area contributed by atoms with E-state index in [0.717, 1.165) is 5.96 Å². The van der Waals surface area contributed by atoms with Gasteiger partial charge in [-0.3, -0.25) is 5.43 Å². The maximum Gasteiger partial charge on any atom is 0.208 e. The van der Waals surface area contributed by atoms with Gasteiger partial charge in [-0.05, 0) is 33.1 Å². The molecule has 0 aromatic heterocycles. The first-order valence-electron chi connectivity index (χ1n) is 4.92. The van der Waals surface area contributed by atoms with Crippen LogP contribution in [0.25, 0.3) is 0 Å². The van der Waals surface area contributed by atoms with E-state index >= 15 is 0 Å².